The Hall–Kier alpha value is -1.02. The third-order valence-electron chi connectivity index (χ3n) is 3.69. The number of nitrogens with one attached hydrogen (secondary N) is 1. The van der Waals surface area contributed by atoms with Gasteiger partial charge in [0.2, 0.25) is 0 Å². The standard InChI is InChI=1S/C15H24N2/c1-14(2)12-17(13-8-6-5-7-9-13)15(3,4)10-11-16-14/h5-9,16H,10-12H2,1-4H3. The van der Waals surface area contributed by atoms with E-state index >= 15 is 0 Å². The second-order valence-electron chi connectivity index (χ2n) is 6.29. The summed E-state index contributed by atoms with van der Waals surface area (Å²) in [5, 5.41) is 3.63. The van der Waals surface area contributed by atoms with Crippen molar-refractivity contribution in [3.8, 4) is 0 Å². The van der Waals surface area contributed by atoms with Crippen LogP contribution in [0.2, 0.25) is 0 Å². The van der Waals surface area contributed by atoms with Crippen LogP contribution >= 0.6 is 0 Å². The fraction of sp³-hybridized carbons (Fsp3) is 0.600. The highest BCUT2D eigenvalue weighted by molar-refractivity contribution is 5.49. The van der Waals surface area contributed by atoms with Gasteiger partial charge in [-0.1, -0.05) is 18.2 Å². The van der Waals surface area contributed by atoms with Gasteiger partial charge in [0, 0.05) is 23.3 Å². The van der Waals surface area contributed by atoms with Gasteiger partial charge in [-0.25, -0.2) is 0 Å². The van der Waals surface area contributed by atoms with Crippen LogP contribution in [0.5, 0.6) is 0 Å². The molecule has 1 aliphatic rings. The van der Waals surface area contributed by atoms with Crippen molar-refractivity contribution in [3.05, 3.63) is 30.3 Å². The molecule has 0 amide bonds. The van der Waals surface area contributed by atoms with Crippen LogP contribution in [0, 0.1) is 0 Å². The molecule has 0 atom stereocenters. The van der Waals surface area contributed by atoms with Gasteiger partial charge < -0.3 is 10.2 Å². The van der Waals surface area contributed by atoms with Crippen LogP contribution in [0.25, 0.3) is 0 Å². The van der Waals surface area contributed by atoms with Crippen molar-refractivity contribution in [1.29, 1.82) is 0 Å². The zero-order valence-corrected chi connectivity index (χ0v) is 11.5. The maximum Gasteiger partial charge on any atom is 0.0371 e. The van der Waals surface area contributed by atoms with Crippen LogP contribution in [-0.2, 0) is 0 Å². The maximum atomic E-state index is 3.63. The molecule has 17 heavy (non-hydrogen) atoms. The first kappa shape index (κ1) is 12.4. The monoisotopic (exact) mass is 232 g/mol. The van der Waals surface area contributed by atoms with E-state index in [1.165, 1.54) is 12.1 Å². The molecule has 1 N–H and O–H groups in total. The van der Waals surface area contributed by atoms with Crippen molar-refractivity contribution in [2.45, 2.75) is 45.2 Å². The Bertz CT molecular complexity index is 368. The van der Waals surface area contributed by atoms with Gasteiger partial charge in [0.05, 0.1) is 0 Å². The van der Waals surface area contributed by atoms with E-state index in [1.54, 1.807) is 0 Å². The highest BCUT2D eigenvalue weighted by Gasteiger charge is 2.34. The first-order valence-electron chi connectivity index (χ1n) is 6.48. The summed E-state index contributed by atoms with van der Waals surface area (Å²) in [7, 11) is 0. The lowest BCUT2D eigenvalue weighted by Gasteiger charge is -2.41. The third kappa shape index (κ3) is 2.81. The second-order valence-corrected chi connectivity index (χ2v) is 6.29. The van der Waals surface area contributed by atoms with Gasteiger partial charge in [0.25, 0.3) is 0 Å². The number of anilines is 1. The maximum absolute atomic E-state index is 3.63. The van der Waals surface area contributed by atoms with Crippen LogP contribution in [-0.4, -0.2) is 24.2 Å². The summed E-state index contributed by atoms with van der Waals surface area (Å²) in [5.74, 6) is 0. The summed E-state index contributed by atoms with van der Waals surface area (Å²) >= 11 is 0. The van der Waals surface area contributed by atoms with Crippen molar-refractivity contribution >= 4 is 5.69 Å². The van der Waals surface area contributed by atoms with Crippen molar-refractivity contribution in [1.82, 2.24) is 5.32 Å². The largest absolute Gasteiger partial charge is 0.365 e. The van der Waals surface area contributed by atoms with Crippen LogP contribution in [0.4, 0.5) is 5.69 Å². The highest BCUT2D eigenvalue weighted by atomic mass is 15.2. The molecule has 2 heteroatoms. The van der Waals surface area contributed by atoms with Gasteiger partial charge in [-0.15, -0.1) is 0 Å². The van der Waals surface area contributed by atoms with E-state index < -0.39 is 0 Å². The Kier molecular flexibility index (Phi) is 3.17. The molecule has 1 aliphatic heterocycles. The van der Waals surface area contributed by atoms with Gasteiger partial charge in [0.15, 0.2) is 0 Å². The minimum Gasteiger partial charge on any atom is -0.365 e. The Morgan fingerprint density at radius 3 is 2.35 bits per heavy atom. The van der Waals surface area contributed by atoms with Crippen molar-refractivity contribution in [2.75, 3.05) is 18.0 Å². The average Bonchev–Trinajstić information content (AvgIpc) is 2.36. The summed E-state index contributed by atoms with van der Waals surface area (Å²) < 4.78 is 0. The van der Waals surface area contributed by atoms with Gasteiger partial charge >= 0.3 is 0 Å². The first-order valence-corrected chi connectivity index (χ1v) is 6.48. The number of para-hydroxylation sites is 1. The molecular formula is C15H24N2. The highest BCUT2D eigenvalue weighted by Crippen LogP contribution is 2.30. The molecule has 0 aromatic heterocycles. The van der Waals surface area contributed by atoms with Gasteiger partial charge in [-0.3, -0.25) is 0 Å². The molecule has 2 rings (SSSR count). The molecule has 0 bridgehead atoms. The zero-order valence-electron chi connectivity index (χ0n) is 11.5. The number of hydrogen-bond acceptors (Lipinski definition) is 2. The van der Waals surface area contributed by atoms with E-state index in [9.17, 15) is 0 Å². The van der Waals surface area contributed by atoms with E-state index in [-0.39, 0.29) is 11.1 Å². The molecule has 1 saturated heterocycles. The fourth-order valence-corrected chi connectivity index (χ4v) is 2.56. The predicted octanol–water partition coefficient (Wildman–Crippen LogP) is 3.04. The molecule has 1 aromatic rings. The quantitative estimate of drug-likeness (QED) is 0.800. The summed E-state index contributed by atoms with van der Waals surface area (Å²) in [6, 6.07) is 10.7. The van der Waals surface area contributed by atoms with Crippen LogP contribution in [0.15, 0.2) is 30.3 Å². The summed E-state index contributed by atoms with van der Waals surface area (Å²) in [6.45, 7) is 11.4. The third-order valence-corrected chi connectivity index (χ3v) is 3.69. The van der Waals surface area contributed by atoms with Gasteiger partial charge in [0.1, 0.15) is 0 Å². The number of hydrogen-bond donors (Lipinski definition) is 1. The van der Waals surface area contributed by atoms with Crippen LogP contribution < -0.4 is 10.2 Å². The molecule has 1 heterocycles. The second kappa shape index (κ2) is 4.34. The lowest BCUT2D eigenvalue weighted by molar-refractivity contribution is 0.409. The minimum atomic E-state index is 0.170. The van der Waals surface area contributed by atoms with Crippen LogP contribution in [0.3, 0.4) is 0 Å². The topological polar surface area (TPSA) is 15.3 Å². The molecule has 0 aliphatic carbocycles. The Balaban J connectivity index is 2.33. The number of rotatable bonds is 1. The Morgan fingerprint density at radius 1 is 1.06 bits per heavy atom. The molecular weight excluding hydrogens is 208 g/mol. The molecule has 1 fully saturated rings. The van der Waals surface area contributed by atoms with E-state index in [0.29, 0.717) is 0 Å². The van der Waals surface area contributed by atoms with Gasteiger partial charge in [-0.05, 0) is 52.8 Å². The van der Waals surface area contributed by atoms with Crippen LogP contribution in [0.1, 0.15) is 34.1 Å². The lowest BCUT2D eigenvalue weighted by Crippen LogP contribution is -2.51. The number of nitrogens with zero attached hydrogens (tertiary/aromatic N) is 1. The van der Waals surface area contributed by atoms with Crippen molar-refractivity contribution in [3.63, 3.8) is 0 Å². The average molecular weight is 232 g/mol. The molecule has 0 unspecified atom stereocenters. The zero-order chi connectivity index (χ0) is 12.5. The predicted molar refractivity (Wildman–Crippen MR) is 74.6 cm³/mol. The molecule has 0 spiro atoms. The lowest BCUT2D eigenvalue weighted by atomic mass is 9.96. The summed E-state index contributed by atoms with van der Waals surface area (Å²) in [6.07, 6.45) is 1.17. The SMILES string of the molecule is CC1(C)CN(c2ccccc2)C(C)(C)CCN1. The fourth-order valence-electron chi connectivity index (χ4n) is 2.56. The minimum absolute atomic E-state index is 0.170. The Labute approximate surface area is 105 Å². The summed E-state index contributed by atoms with van der Waals surface area (Å²) in [4.78, 5) is 2.53. The molecule has 1 aromatic carbocycles. The van der Waals surface area contributed by atoms with Crippen molar-refractivity contribution < 1.29 is 0 Å². The van der Waals surface area contributed by atoms with Gasteiger partial charge in [-0.2, -0.15) is 0 Å². The molecule has 0 radical (unpaired) electrons. The smallest absolute Gasteiger partial charge is 0.0371 e. The van der Waals surface area contributed by atoms with E-state index in [0.717, 1.165) is 13.1 Å². The first-order chi connectivity index (χ1) is 7.91. The molecule has 0 saturated carbocycles. The van der Waals surface area contributed by atoms with E-state index in [2.05, 4.69) is 68.2 Å². The normalized spacial score (nSPS) is 23.2. The van der Waals surface area contributed by atoms with E-state index in [4.69, 9.17) is 0 Å². The van der Waals surface area contributed by atoms with Crippen molar-refractivity contribution in [2.24, 2.45) is 0 Å². The van der Waals surface area contributed by atoms with E-state index in [1.807, 2.05) is 0 Å². The number of benzene rings is 1. The summed E-state index contributed by atoms with van der Waals surface area (Å²) in [5.41, 5.74) is 1.71. The molecule has 94 valence electrons. The Morgan fingerprint density at radius 2 is 1.71 bits per heavy atom. The molecule has 2 nitrogen and oxygen atoms in total.